The Morgan fingerprint density at radius 3 is 2.63 bits per heavy atom. The molecule has 0 unspecified atom stereocenters. The SMILES string of the molecule is O=c1nc2cc3occnc3cc2cc1C(F)(F)F. The van der Waals surface area contributed by atoms with Crippen molar-refractivity contribution in [2.24, 2.45) is 0 Å². The van der Waals surface area contributed by atoms with Gasteiger partial charge in [-0.3, -0.25) is 4.79 Å². The van der Waals surface area contributed by atoms with Crippen molar-refractivity contribution < 1.29 is 17.6 Å². The van der Waals surface area contributed by atoms with Crippen LogP contribution in [-0.4, -0.2) is 9.97 Å². The van der Waals surface area contributed by atoms with Crippen LogP contribution in [0.3, 0.4) is 0 Å². The standard InChI is InChI=1S/C12H5F3N2O2/c13-12(14,15)7-3-6-4-9-10(19-2-1-16-9)5-8(6)17-11(7)18/h1-5H. The van der Waals surface area contributed by atoms with Crippen molar-refractivity contribution in [3.05, 3.63) is 46.6 Å². The van der Waals surface area contributed by atoms with Gasteiger partial charge in [-0.2, -0.15) is 13.2 Å². The second-order valence-corrected chi connectivity index (χ2v) is 3.88. The first-order valence-corrected chi connectivity index (χ1v) is 5.21. The summed E-state index contributed by atoms with van der Waals surface area (Å²) in [5, 5.41) is 0.188. The fourth-order valence-electron chi connectivity index (χ4n) is 1.79. The molecule has 2 aromatic heterocycles. The maximum atomic E-state index is 12.6. The van der Waals surface area contributed by atoms with E-state index >= 15 is 0 Å². The molecule has 2 heterocycles. The van der Waals surface area contributed by atoms with Crippen LogP contribution < -0.4 is 5.56 Å². The van der Waals surface area contributed by atoms with E-state index in [0.29, 0.717) is 11.1 Å². The zero-order valence-electron chi connectivity index (χ0n) is 9.23. The molecule has 7 heteroatoms. The van der Waals surface area contributed by atoms with E-state index in [1.54, 1.807) is 0 Å². The summed E-state index contributed by atoms with van der Waals surface area (Å²) in [5.41, 5.74) is -1.71. The van der Waals surface area contributed by atoms with Gasteiger partial charge in [0.1, 0.15) is 17.3 Å². The number of alkyl halides is 3. The average molecular weight is 266 g/mol. The van der Waals surface area contributed by atoms with Gasteiger partial charge < -0.3 is 4.42 Å². The van der Waals surface area contributed by atoms with Crippen LogP contribution in [0.1, 0.15) is 5.56 Å². The molecule has 4 nitrogen and oxygen atoms in total. The molecule has 3 rings (SSSR count). The second kappa shape index (κ2) is 3.78. The zero-order valence-corrected chi connectivity index (χ0v) is 9.23. The number of rotatable bonds is 0. The van der Waals surface area contributed by atoms with E-state index in [1.807, 2.05) is 0 Å². The summed E-state index contributed by atoms with van der Waals surface area (Å²) in [4.78, 5) is 18.7. The Morgan fingerprint density at radius 2 is 1.89 bits per heavy atom. The molecular formula is C12H5F3N2O2. The van der Waals surface area contributed by atoms with Crippen LogP contribution in [0, 0.1) is 0 Å². The van der Waals surface area contributed by atoms with Gasteiger partial charge in [-0.1, -0.05) is 0 Å². The molecule has 0 amide bonds. The normalized spacial score (nSPS) is 12.2. The Bertz CT molecular complexity index is 840. The predicted molar refractivity (Wildman–Crippen MR) is 60.6 cm³/mol. The molecule has 0 saturated heterocycles. The highest BCUT2D eigenvalue weighted by Gasteiger charge is 2.34. The molecule has 0 spiro atoms. The van der Waals surface area contributed by atoms with Crippen LogP contribution >= 0.6 is 0 Å². The predicted octanol–water partition coefficient (Wildman–Crippen LogP) is 2.76. The first kappa shape index (κ1) is 11.6. The number of pyridine rings is 1. The molecule has 19 heavy (non-hydrogen) atoms. The molecule has 0 N–H and O–H groups in total. The summed E-state index contributed by atoms with van der Waals surface area (Å²) in [7, 11) is 0. The van der Waals surface area contributed by atoms with Gasteiger partial charge in [0.15, 0.2) is 5.58 Å². The molecule has 0 radical (unpaired) electrons. The van der Waals surface area contributed by atoms with Crippen molar-refractivity contribution in [3.8, 4) is 0 Å². The fraction of sp³-hybridized carbons (Fsp3) is 0.0833. The fourth-order valence-corrected chi connectivity index (χ4v) is 1.79. The number of hydrogen-bond acceptors (Lipinski definition) is 4. The third-order valence-electron chi connectivity index (χ3n) is 2.64. The highest BCUT2D eigenvalue weighted by atomic mass is 19.4. The van der Waals surface area contributed by atoms with Crippen molar-refractivity contribution in [1.82, 2.24) is 9.97 Å². The van der Waals surface area contributed by atoms with Gasteiger partial charge in [0.05, 0.1) is 11.7 Å². The Labute approximate surface area is 103 Å². The molecule has 0 saturated carbocycles. The van der Waals surface area contributed by atoms with Crippen molar-refractivity contribution >= 4 is 22.0 Å². The minimum absolute atomic E-state index is 0.141. The molecule has 3 aromatic rings. The number of benzene rings is 1. The number of halogens is 3. The number of aromatic nitrogens is 2. The summed E-state index contributed by atoms with van der Waals surface area (Å²) < 4.78 is 43.0. The number of nitrogens with zero attached hydrogens (tertiary/aromatic N) is 2. The van der Waals surface area contributed by atoms with Gasteiger partial charge in [0.2, 0.25) is 0 Å². The lowest BCUT2D eigenvalue weighted by molar-refractivity contribution is -0.138. The summed E-state index contributed by atoms with van der Waals surface area (Å²) in [6.45, 7) is 0. The van der Waals surface area contributed by atoms with E-state index in [4.69, 9.17) is 4.42 Å². The molecule has 0 aliphatic carbocycles. The van der Waals surface area contributed by atoms with Crippen molar-refractivity contribution in [3.63, 3.8) is 0 Å². The summed E-state index contributed by atoms with van der Waals surface area (Å²) in [6.07, 6.45) is -2.01. The summed E-state index contributed by atoms with van der Waals surface area (Å²) >= 11 is 0. The highest BCUT2D eigenvalue weighted by Crippen LogP contribution is 2.29. The third kappa shape index (κ3) is 1.92. The van der Waals surface area contributed by atoms with Crippen LogP contribution in [0.15, 0.2) is 39.9 Å². The second-order valence-electron chi connectivity index (χ2n) is 3.88. The monoisotopic (exact) mass is 266 g/mol. The number of hydrogen-bond donors (Lipinski definition) is 0. The molecule has 96 valence electrons. The smallest absolute Gasteiger partial charge is 0.421 e. The van der Waals surface area contributed by atoms with Crippen LogP contribution in [0.5, 0.6) is 0 Å². The maximum Gasteiger partial charge on any atom is 0.421 e. The highest BCUT2D eigenvalue weighted by molar-refractivity contribution is 5.91. The third-order valence-corrected chi connectivity index (χ3v) is 2.64. The van der Waals surface area contributed by atoms with E-state index in [-0.39, 0.29) is 10.9 Å². The minimum atomic E-state index is -4.72. The van der Waals surface area contributed by atoms with Gasteiger partial charge in [-0.05, 0) is 12.1 Å². The summed E-state index contributed by atoms with van der Waals surface area (Å²) in [5.74, 6) is 0. The first-order valence-electron chi connectivity index (χ1n) is 5.21. The van der Waals surface area contributed by atoms with Gasteiger partial charge in [-0.25, -0.2) is 9.97 Å². The molecule has 0 fully saturated rings. The Morgan fingerprint density at radius 1 is 1.11 bits per heavy atom. The van der Waals surface area contributed by atoms with Crippen LogP contribution in [0.4, 0.5) is 13.2 Å². The van der Waals surface area contributed by atoms with E-state index in [0.717, 1.165) is 6.07 Å². The van der Waals surface area contributed by atoms with Crippen molar-refractivity contribution in [2.45, 2.75) is 6.18 Å². The Kier molecular flexibility index (Phi) is 2.31. The number of fused-ring (bicyclic) bond motifs is 2. The van der Waals surface area contributed by atoms with Crippen LogP contribution in [0.2, 0.25) is 0 Å². The largest absolute Gasteiger partial charge is 0.461 e. The van der Waals surface area contributed by atoms with Gasteiger partial charge in [0.25, 0.3) is 5.56 Å². The van der Waals surface area contributed by atoms with Crippen LogP contribution in [-0.2, 0) is 6.18 Å². The van der Waals surface area contributed by atoms with Crippen molar-refractivity contribution in [2.75, 3.05) is 0 Å². The van der Waals surface area contributed by atoms with Gasteiger partial charge in [-0.15, -0.1) is 0 Å². The van der Waals surface area contributed by atoms with Crippen LogP contribution in [0.25, 0.3) is 22.0 Å². The van der Waals surface area contributed by atoms with Gasteiger partial charge in [0, 0.05) is 11.5 Å². The molecule has 0 aliphatic rings. The molecule has 0 bridgehead atoms. The van der Waals surface area contributed by atoms with E-state index in [2.05, 4.69) is 9.97 Å². The lowest BCUT2D eigenvalue weighted by Crippen LogP contribution is -2.21. The Balaban J connectivity index is 2.40. The topological polar surface area (TPSA) is 56.0 Å². The molecule has 1 aromatic carbocycles. The van der Waals surface area contributed by atoms with Crippen molar-refractivity contribution in [1.29, 1.82) is 0 Å². The zero-order chi connectivity index (χ0) is 13.6. The lowest BCUT2D eigenvalue weighted by Gasteiger charge is -2.06. The van der Waals surface area contributed by atoms with E-state index in [9.17, 15) is 18.0 Å². The maximum absolute atomic E-state index is 12.6. The molecule has 0 atom stereocenters. The lowest BCUT2D eigenvalue weighted by atomic mass is 10.1. The van der Waals surface area contributed by atoms with E-state index < -0.39 is 17.3 Å². The minimum Gasteiger partial charge on any atom is -0.461 e. The van der Waals surface area contributed by atoms with E-state index in [1.165, 1.54) is 24.6 Å². The summed E-state index contributed by atoms with van der Waals surface area (Å²) in [6, 6.07) is 3.56. The molecule has 0 aliphatic heterocycles. The quantitative estimate of drug-likeness (QED) is 0.587. The Hall–Kier alpha value is -2.44. The van der Waals surface area contributed by atoms with Gasteiger partial charge >= 0.3 is 6.18 Å². The first-order chi connectivity index (χ1) is 8.95. The average Bonchev–Trinajstić information content (AvgIpc) is 2.34. The molecular weight excluding hydrogens is 261 g/mol.